The molecule has 1 amide bonds. The third kappa shape index (κ3) is 5.58. The molecule has 0 radical (unpaired) electrons. The lowest BCUT2D eigenvalue weighted by molar-refractivity contribution is -0.130. The molecule has 2 aliphatic rings. The van der Waals surface area contributed by atoms with Gasteiger partial charge in [0.15, 0.2) is 5.96 Å². The first-order chi connectivity index (χ1) is 12.1. The van der Waals surface area contributed by atoms with E-state index in [4.69, 9.17) is 0 Å². The van der Waals surface area contributed by atoms with Gasteiger partial charge in [-0.15, -0.1) is 24.0 Å². The van der Waals surface area contributed by atoms with Crippen LogP contribution in [0.5, 0.6) is 0 Å². The van der Waals surface area contributed by atoms with Crippen LogP contribution >= 0.6 is 39.9 Å². The summed E-state index contributed by atoms with van der Waals surface area (Å²) in [7, 11) is 1.75. The molecular formula is C19H28BrIN4O. The molecule has 1 saturated heterocycles. The van der Waals surface area contributed by atoms with Gasteiger partial charge in [-0.25, -0.2) is 0 Å². The Hall–Kier alpha value is -0.830. The van der Waals surface area contributed by atoms with Gasteiger partial charge in [0.2, 0.25) is 5.91 Å². The Morgan fingerprint density at radius 3 is 2.58 bits per heavy atom. The number of halogens is 2. The first-order valence-electron chi connectivity index (χ1n) is 9.11. The lowest BCUT2D eigenvalue weighted by Gasteiger charge is -2.27. The van der Waals surface area contributed by atoms with E-state index < -0.39 is 0 Å². The van der Waals surface area contributed by atoms with Gasteiger partial charge >= 0.3 is 0 Å². The lowest BCUT2D eigenvalue weighted by atomic mass is 9.96. The summed E-state index contributed by atoms with van der Waals surface area (Å²) in [5.41, 5.74) is 1.55. The summed E-state index contributed by atoms with van der Waals surface area (Å²) < 4.78 is 1.12. The van der Waals surface area contributed by atoms with Crippen LogP contribution in [-0.2, 0) is 10.2 Å². The summed E-state index contributed by atoms with van der Waals surface area (Å²) in [5.74, 6) is 0.863. The predicted molar refractivity (Wildman–Crippen MR) is 120 cm³/mol. The van der Waals surface area contributed by atoms with E-state index in [0.29, 0.717) is 12.5 Å². The highest BCUT2D eigenvalue weighted by molar-refractivity contribution is 14.0. The molecule has 1 heterocycles. The summed E-state index contributed by atoms with van der Waals surface area (Å²) in [6.45, 7) is 2.92. The highest BCUT2D eigenvalue weighted by Crippen LogP contribution is 2.48. The minimum atomic E-state index is 0. The van der Waals surface area contributed by atoms with Gasteiger partial charge in [-0.1, -0.05) is 28.1 Å². The molecule has 3 rings (SSSR count). The average molecular weight is 535 g/mol. The van der Waals surface area contributed by atoms with Crippen molar-refractivity contribution in [3.63, 3.8) is 0 Å². The number of rotatable bonds is 5. The molecule has 1 aromatic carbocycles. The predicted octanol–water partition coefficient (Wildman–Crippen LogP) is 3.28. The Balaban J connectivity index is 0.00000243. The maximum atomic E-state index is 12.3. The highest BCUT2D eigenvalue weighted by atomic mass is 127. The number of piperidine rings is 1. The second-order valence-electron chi connectivity index (χ2n) is 7.01. The maximum absolute atomic E-state index is 12.3. The Labute approximate surface area is 181 Å². The third-order valence-electron chi connectivity index (χ3n) is 5.22. The van der Waals surface area contributed by atoms with Crippen LogP contribution in [0.1, 0.15) is 37.7 Å². The molecule has 144 valence electrons. The largest absolute Gasteiger partial charge is 0.356 e. The van der Waals surface area contributed by atoms with Crippen molar-refractivity contribution >= 4 is 51.8 Å². The molecular weight excluding hydrogens is 507 g/mol. The number of guanidine groups is 1. The molecule has 1 aliphatic carbocycles. The number of likely N-dealkylation sites (tertiary alicyclic amines) is 1. The first kappa shape index (κ1) is 21.5. The molecule has 0 unspecified atom stereocenters. The summed E-state index contributed by atoms with van der Waals surface area (Å²) >= 11 is 3.56. The molecule has 1 saturated carbocycles. The molecule has 1 aliphatic heterocycles. The van der Waals surface area contributed by atoms with Gasteiger partial charge in [0, 0.05) is 36.6 Å². The Morgan fingerprint density at radius 2 is 1.96 bits per heavy atom. The van der Waals surface area contributed by atoms with E-state index in [9.17, 15) is 4.79 Å². The van der Waals surface area contributed by atoms with E-state index >= 15 is 0 Å². The van der Waals surface area contributed by atoms with Gasteiger partial charge < -0.3 is 15.5 Å². The molecule has 2 N–H and O–H groups in total. The number of hydrogen-bond donors (Lipinski definition) is 2. The number of carbonyl (C=O) groups excluding carboxylic acids is 1. The van der Waals surface area contributed by atoms with Crippen molar-refractivity contribution in [3.8, 4) is 0 Å². The molecule has 2 fully saturated rings. The van der Waals surface area contributed by atoms with Gasteiger partial charge in [0.25, 0.3) is 0 Å². The van der Waals surface area contributed by atoms with Crippen molar-refractivity contribution in [2.75, 3.05) is 33.2 Å². The molecule has 0 bridgehead atoms. The summed E-state index contributed by atoms with van der Waals surface area (Å²) in [6.07, 6.45) is 5.83. The molecule has 0 aromatic heterocycles. The smallest absolute Gasteiger partial charge is 0.241 e. The number of aliphatic imine (C=N–C) groups is 1. The van der Waals surface area contributed by atoms with Gasteiger partial charge in [0.05, 0.1) is 6.54 Å². The van der Waals surface area contributed by atoms with Crippen LogP contribution in [0, 0.1) is 0 Å². The van der Waals surface area contributed by atoms with Gasteiger partial charge in [-0.05, 0) is 49.8 Å². The zero-order chi connectivity index (χ0) is 17.7. The minimum Gasteiger partial charge on any atom is -0.356 e. The molecule has 7 heteroatoms. The van der Waals surface area contributed by atoms with E-state index in [1.807, 2.05) is 4.90 Å². The molecule has 5 nitrogen and oxygen atoms in total. The Bertz CT molecular complexity index is 642. The Morgan fingerprint density at radius 1 is 1.23 bits per heavy atom. The monoisotopic (exact) mass is 534 g/mol. The quantitative estimate of drug-likeness (QED) is 0.346. The molecule has 0 spiro atoms. The highest BCUT2D eigenvalue weighted by Gasteiger charge is 2.44. The van der Waals surface area contributed by atoms with Crippen LogP contribution in [0.25, 0.3) is 0 Å². The van der Waals surface area contributed by atoms with Crippen LogP contribution in [0.15, 0.2) is 33.7 Å². The van der Waals surface area contributed by atoms with Crippen molar-refractivity contribution in [2.24, 2.45) is 4.99 Å². The van der Waals surface area contributed by atoms with Gasteiger partial charge in [-0.3, -0.25) is 9.79 Å². The Kier molecular flexibility index (Phi) is 8.19. The van der Waals surface area contributed by atoms with Crippen molar-refractivity contribution in [3.05, 3.63) is 34.3 Å². The van der Waals surface area contributed by atoms with E-state index in [1.165, 1.54) is 24.8 Å². The van der Waals surface area contributed by atoms with Crippen LogP contribution in [0.2, 0.25) is 0 Å². The first-order valence-corrected chi connectivity index (χ1v) is 9.91. The number of carbonyl (C=O) groups is 1. The number of hydrogen-bond acceptors (Lipinski definition) is 2. The van der Waals surface area contributed by atoms with Gasteiger partial charge in [0.1, 0.15) is 0 Å². The van der Waals surface area contributed by atoms with Gasteiger partial charge in [-0.2, -0.15) is 0 Å². The normalized spacial score (nSPS) is 18.7. The van der Waals surface area contributed by atoms with E-state index in [1.54, 1.807) is 7.05 Å². The van der Waals surface area contributed by atoms with Crippen molar-refractivity contribution in [1.29, 1.82) is 0 Å². The second-order valence-corrected chi connectivity index (χ2v) is 7.93. The van der Waals surface area contributed by atoms with Crippen LogP contribution in [0.4, 0.5) is 0 Å². The fraction of sp³-hybridized carbons (Fsp3) is 0.579. The number of nitrogens with one attached hydrogen (secondary N) is 2. The third-order valence-corrected chi connectivity index (χ3v) is 5.72. The molecule has 0 atom stereocenters. The summed E-state index contributed by atoms with van der Waals surface area (Å²) in [5, 5.41) is 6.57. The lowest BCUT2D eigenvalue weighted by Crippen LogP contribution is -2.47. The standard InChI is InChI=1S/C19H27BrN4O.HI/c1-21-18(22-13-17(25)24-10-3-2-4-11-24)23-14-19(8-9-19)15-6-5-7-16(20)12-15;/h5-7,12H,2-4,8-11,13-14H2,1H3,(H2,21,22,23);1H. The fourth-order valence-electron chi connectivity index (χ4n) is 3.42. The second kappa shape index (κ2) is 9.92. The zero-order valence-electron chi connectivity index (χ0n) is 15.3. The van der Waals surface area contributed by atoms with E-state index in [-0.39, 0.29) is 35.3 Å². The van der Waals surface area contributed by atoms with Crippen molar-refractivity contribution in [1.82, 2.24) is 15.5 Å². The van der Waals surface area contributed by atoms with Crippen molar-refractivity contribution in [2.45, 2.75) is 37.5 Å². The zero-order valence-corrected chi connectivity index (χ0v) is 19.2. The number of nitrogens with zero attached hydrogens (tertiary/aromatic N) is 2. The average Bonchev–Trinajstić information content (AvgIpc) is 3.43. The van der Waals surface area contributed by atoms with Crippen molar-refractivity contribution < 1.29 is 4.79 Å². The fourth-order valence-corrected chi connectivity index (χ4v) is 3.82. The number of benzene rings is 1. The number of amides is 1. The van der Waals surface area contributed by atoms with Crippen LogP contribution in [0.3, 0.4) is 0 Å². The topological polar surface area (TPSA) is 56.7 Å². The molecule has 1 aromatic rings. The minimum absolute atomic E-state index is 0. The maximum Gasteiger partial charge on any atom is 0.241 e. The SMILES string of the molecule is CN=C(NCC(=O)N1CCCCC1)NCC1(c2cccc(Br)c2)CC1.I. The van der Waals surface area contributed by atoms with Crippen LogP contribution < -0.4 is 10.6 Å². The van der Waals surface area contributed by atoms with E-state index in [0.717, 1.165) is 36.9 Å². The van der Waals surface area contributed by atoms with E-state index in [2.05, 4.69) is 55.8 Å². The molecule has 26 heavy (non-hydrogen) atoms. The van der Waals surface area contributed by atoms with Crippen LogP contribution in [-0.4, -0.2) is 50.0 Å². The summed E-state index contributed by atoms with van der Waals surface area (Å²) in [6, 6.07) is 8.53. The summed E-state index contributed by atoms with van der Waals surface area (Å²) in [4.78, 5) is 18.5.